The van der Waals surface area contributed by atoms with Crippen molar-refractivity contribution in [3.05, 3.63) is 120 Å². The van der Waals surface area contributed by atoms with Crippen molar-refractivity contribution in [2.45, 2.75) is 56.2 Å². The van der Waals surface area contributed by atoms with Gasteiger partial charge in [-0.3, -0.25) is 18.6 Å². The monoisotopic (exact) mass is 842 g/mol. The average molecular weight is 843 g/mol. The molecule has 308 valence electrons. The highest BCUT2D eigenvalue weighted by molar-refractivity contribution is 7.93. The van der Waals surface area contributed by atoms with Gasteiger partial charge >= 0.3 is 11.9 Å². The van der Waals surface area contributed by atoms with Gasteiger partial charge in [0.15, 0.2) is 0 Å². The third-order valence-electron chi connectivity index (χ3n) is 9.92. The van der Waals surface area contributed by atoms with Gasteiger partial charge in [-0.15, -0.1) is 12.4 Å². The Hall–Kier alpha value is -4.61. The Bertz CT molecular complexity index is 2080. The molecular formula is C40H51ClN6O8S2. The van der Waals surface area contributed by atoms with Crippen molar-refractivity contribution in [1.29, 1.82) is 0 Å². The number of halogens is 1. The maximum atomic E-state index is 13.5. The molecule has 0 amide bonds. The molecule has 0 saturated carbocycles. The Morgan fingerprint density at radius 2 is 1.07 bits per heavy atom. The highest BCUT2D eigenvalue weighted by Crippen LogP contribution is 2.29. The largest absolute Gasteiger partial charge is 0.465 e. The van der Waals surface area contributed by atoms with Gasteiger partial charge in [-0.25, -0.2) is 26.4 Å². The van der Waals surface area contributed by atoms with Gasteiger partial charge in [-0.05, 0) is 107 Å². The average Bonchev–Trinajstić information content (AvgIpc) is 3.25. The molecule has 2 aromatic carbocycles. The summed E-state index contributed by atoms with van der Waals surface area (Å²) in [6.45, 7) is 6.21. The third-order valence-corrected chi connectivity index (χ3v) is 14.5. The van der Waals surface area contributed by atoms with Gasteiger partial charge in [0.05, 0.1) is 71.7 Å². The number of methoxy groups -OCH3 is 2. The van der Waals surface area contributed by atoms with Crippen LogP contribution in [0.4, 0.5) is 11.4 Å². The fourth-order valence-electron chi connectivity index (χ4n) is 6.63. The lowest BCUT2D eigenvalue weighted by Crippen LogP contribution is -2.45. The number of ether oxygens (including phenoxy) is 2. The molecule has 2 fully saturated rings. The van der Waals surface area contributed by atoms with E-state index in [1.165, 1.54) is 35.2 Å². The van der Waals surface area contributed by atoms with E-state index in [1.807, 2.05) is 36.4 Å². The van der Waals surface area contributed by atoms with Crippen LogP contribution in [0.1, 0.15) is 64.7 Å². The Kier molecular flexibility index (Phi) is 16.8. The predicted molar refractivity (Wildman–Crippen MR) is 223 cm³/mol. The van der Waals surface area contributed by atoms with Gasteiger partial charge in [0.25, 0.3) is 0 Å². The lowest BCUT2D eigenvalue weighted by Gasteiger charge is -2.34. The second-order valence-corrected chi connectivity index (χ2v) is 17.7. The number of nitrogens with zero attached hydrogens (tertiary/aromatic N) is 5. The molecule has 2 aliphatic rings. The first-order valence-electron chi connectivity index (χ1n) is 18.6. The lowest BCUT2D eigenvalue weighted by atomic mass is 10.1. The summed E-state index contributed by atoms with van der Waals surface area (Å²) in [6, 6.07) is 24.6. The summed E-state index contributed by atoms with van der Waals surface area (Å²) in [5.41, 5.74) is 3.00. The van der Waals surface area contributed by atoms with Crippen LogP contribution in [-0.2, 0) is 42.6 Å². The van der Waals surface area contributed by atoms with E-state index < -0.39 is 42.5 Å². The summed E-state index contributed by atoms with van der Waals surface area (Å²) in [5, 5.41) is 2.36. The van der Waals surface area contributed by atoms with Crippen LogP contribution in [0.5, 0.6) is 0 Å². The minimum atomic E-state index is -3.56. The van der Waals surface area contributed by atoms with E-state index in [0.29, 0.717) is 72.7 Å². The van der Waals surface area contributed by atoms with Gasteiger partial charge in [0.2, 0.25) is 20.0 Å². The van der Waals surface area contributed by atoms with Gasteiger partial charge < -0.3 is 19.7 Å². The zero-order chi connectivity index (χ0) is 40.1. The normalized spacial score (nSPS) is 15.3. The summed E-state index contributed by atoms with van der Waals surface area (Å²) < 4.78 is 65.9. The van der Waals surface area contributed by atoms with Crippen molar-refractivity contribution in [3.63, 3.8) is 0 Å². The SMILES string of the molecule is CCN1CCC(S(=O)(=O)N(Cc2ccc(C(=O)OC)cn2)c2ccccc2)CC1.COC(=O)c1ccc(CN(c2ccccc2)S(=O)(=O)C2CCNCC2)nc1.Cl. The van der Waals surface area contributed by atoms with Crippen LogP contribution in [0.15, 0.2) is 97.3 Å². The molecule has 0 aliphatic carbocycles. The molecule has 17 heteroatoms. The van der Waals surface area contributed by atoms with Crippen LogP contribution in [0.25, 0.3) is 0 Å². The number of nitrogens with one attached hydrogen (secondary N) is 1. The molecule has 57 heavy (non-hydrogen) atoms. The minimum Gasteiger partial charge on any atom is -0.465 e. The van der Waals surface area contributed by atoms with Gasteiger partial charge in [0.1, 0.15) is 0 Å². The van der Waals surface area contributed by atoms with Crippen molar-refractivity contribution in [2.75, 3.05) is 55.6 Å². The number of likely N-dealkylation sites (tertiary alicyclic amines) is 1. The number of benzene rings is 2. The number of pyridine rings is 2. The van der Waals surface area contributed by atoms with Crippen molar-refractivity contribution >= 4 is 55.8 Å². The van der Waals surface area contributed by atoms with Crippen LogP contribution in [0.3, 0.4) is 0 Å². The molecule has 0 bridgehead atoms. The first kappa shape index (κ1) is 45.1. The number of hydrogen-bond acceptors (Lipinski definition) is 12. The second kappa shape index (κ2) is 21.2. The van der Waals surface area contributed by atoms with E-state index in [4.69, 9.17) is 0 Å². The van der Waals surface area contributed by atoms with Gasteiger partial charge in [-0.1, -0.05) is 43.3 Å². The summed E-state index contributed by atoms with van der Waals surface area (Å²) in [5.74, 6) is -0.949. The highest BCUT2D eigenvalue weighted by atomic mass is 35.5. The Balaban J connectivity index is 0.000000249. The fourth-order valence-corrected chi connectivity index (χ4v) is 10.4. The second-order valence-electron chi connectivity index (χ2n) is 13.4. The van der Waals surface area contributed by atoms with Crippen LogP contribution >= 0.6 is 12.4 Å². The van der Waals surface area contributed by atoms with Crippen molar-refractivity contribution in [1.82, 2.24) is 20.2 Å². The van der Waals surface area contributed by atoms with Crippen molar-refractivity contribution in [3.8, 4) is 0 Å². The number of rotatable bonds is 13. The molecule has 0 atom stereocenters. The summed E-state index contributed by atoms with van der Waals surface area (Å²) >= 11 is 0. The van der Waals surface area contributed by atoms with Crippen LogP contribution in [0.2, 0.25) is 0 Å². The molecule has 4 heterocycles. The molecule has 2 saturated heterocycles. The van der Waals surface area contributed by atoms with E-state index in [1.54, 1.807) is 48.5 Å². The smallest absolute Gasteiger partial charge is 0.339 e. The first-order chi connectivity index (χ1) is 27.0. The summed E-state index contributed by atoms with van der Waals surface area (Å²) in [7, 11) is -4.49. The topological polar surface area (TPSA) is 168 Å². The Morgan fingerprint density at radius 3 is 1.42 bits per heavy atom. The number of piperidine rings is 2. The van der Waals surface area contributed by atoms with E-state index >= 15 is 0 Å². The van der Waals surface area contributed by atoms with E-state index in [-0.39, 0.29) is 25.5 Å². The molecule has 0 radical (unpaired) electrons. The molecule has 0 spiro atoms. The van der Waals surface area contributed by atoms with Crippen molar-refractivity contribution in [2.24, 2.45) is 0 Å². The molecule has 0 unspecified atom stereocenters. The Labute approximate surface area is 342 Å². The Morgan fingerprint density at radius 1 is 0.667 bits per heavy atom. The van der Waals surface area contributed by atoms with Crippen LogP contribution in [-0.4, -0.2) is 101 Å². The first-order valence-corrected chi connectivity index (χ1v) is 21.6. The van der Waals surface area contributed by atoms with E-state index in [0.717, 1.165) is 19.6 Å². The molecule has 1 N–H and O–H groups in total. The number of anilines is 2. The van der Waals surface area contributed by atoms with Crippen LogP contribution in [0, 0.1) is 0 Å². The predicted octanol–water partition coefficient (Wildman–Crippen LogP) is 5.07. The van der Waals surface area contributed by atoms with Crippen molar-refractivity contribution < 1.29 is 35.9 Å². The molecule has 4 aromatic rings. The summed E-state index contributed by atoms with van der Waals surface area (Å²) in [6.07, 6.45) is 5.22. The molecule has 2 aliphatic heterocycles. The zero-order valence-electron chi connectivity index (χ0n) is 32.4. The number of sulfonamides is 2. The number of carbonyl (C=O) groups is 2. The maximum absolute atomic E-state index is 13.5. The number of hydrogen-bond donors (Lipinski definition) is 1. The quantitative estimate of drug-likeness (QED) is 0.178. The number of aromatic nitrogens is 2. The maximum Gasteiger partial charge on any atom is 0.339 e. The van der Waals surface area contributed by atoms with E-state index in [9.17, 15) is 26.4 Å². The summed E-state index contributed by atoms with van der Waals surface area (Å²) in [4.78, 5) is 34.0. The third kappa shape index (κ3) is 11.7. The number of esters is 2. The molecule has 6 rings (SSSR count). The fraction of sp³-hybridized carbons (Fsp3) is 0.400. The van der Waals surface area contributed by atoms with Gasteiger partial charge in [0, 0.05) is 12.4 Å². The van der Waals surface area contributed by atoms with Crippen LogP contribution < -0.4 is 13.9 Å². The molecular weight excluding hydrogens is 792 g/mol. The lowest BCUT2D eigenvalue weighted by molar-refractivity contribution is 0.0591. The van der Waals surface area contributed by atoms with Gasteiger partial charge in [-0.2, -0.15) is 0 Å². The molecule has 2 aromatic heterocycles. The minimum absolute atomic E-state index is 0. The standard InChI is InChI=1S/C21H27N3O4S.C19H23N3O4S.ClH/c1-3-23-13-11-20(12-14-23)29(26,27)24(19-7-5-4-6-8-19)16-18-10-9-17(15-22-18)21(25)28-2;1-26-19(23)15-7-8-16(21-13-15)14-22(17-5-3-2-4-6-17)27(24,25)18-9-11-20-12-10-18;/h4-10,15,20H,3,11-14,16H2,1-2H3;2-8,13,18,20H,9-12,14H2,1H3;1H. The zero-order valence-corrected chi connectivity index (χ0v) is 34.8. The number of para-hydroxylation sites is 2. The molecule has 14 nitrogen and oxygen atoms in total. The highest BCUT2D eigenvalue weighted by Gasteiger charge is 2.36. The van der Waals surface area contributed by atoms with E-state index in [2.05, 4.69) is 36.6 Å². The number of carbonyl (C=O) groups excluding carboxylic acids is 2.